The molecule has 1 N–H and O–H groups in total. The molecule has 1 amide bonds. The number of carbonyl (C=O) groups is 1. The SMILES string of the molecule is Cc1c(C(=O)N2CCCCC2C(C)O)cnn1-c1ccccc1Cl. The van der Waals surface area contributed by atoms with Gasteiger partial charge in [-0.1, -0.05) is 23.7 Å². The highest BCUT2D eigenvalue weighted by Gasteiger charge is 2.32. The van der Waals surface area contributed by atoms with Gasteiger partial charge >= 0.3 is 0 Å². The number of aliphatic hydroxyl groups excluding tert-OH is 1. The van der Waals surface area contributed by atoms with E-state index in [-0.39, 0.29) is 11.9 Å². The van der Waals surface area contributed by atoms with Crippen molar-refractivity contribution in [3.8, 4) is 5.69 Å². The summed E-state index contributed by atoms with van der Waals surface area (Å²) in [6, 6.07) is 7.29. The third-order valence-electron chi connectivity index (χ3n) is 4.69. The number of nitrogens with zero attached hydrogens (tertiary/aromatic N) is 3. The Kier molecular flexibility index (Phi) is 4.92. The number of benzene rings is 1. The summed E-state index contributed by atoms with van der Waals surface area (Å²) in [6.45, 7) is 4.28. The number of piperidine rings is 1. The maximum Gasteiger partial charge on any atom is 0.257 e. The predicted octanol–water partition coefficient (Wildman–Crippen LogP) is 3.21. The largest absolute Gasteiger partial charge is 0.391 e. The van der Waals surface area contributed by atoms with E-state index in [1.807, 2.05) is 25.1 Å². The standard InChI is InChI=1S/C18H22ClN3O2/c1-12-14(11-20-22(12)17-9-4-3-7-15(17)19)18(24)21-10-6-5-8-16(21)13(2)23/h3-4,7,9,11,13,16,23H,5-6,8,10H2,1-2H3. The first-order valence-corrected chi connectivity index (χ1v) is 8.67. The van der Waals surface area contributed by atoms with Gasteiger partial charge in [0.05, 0.1) is 40.3 Å². The van der Waals surface area contributed by atoms with Crippen LogP contribution in [0, 0.1) is 6.92 Å². The van der Waals surface area contributed by atoms with Crippen LogP contribution in [0.1, 0.15) is 42.2 Å². The van der Waals surface area contributed by atoms with E-state index < -0.39 is 6.10 Å². The van der Waals surface area contributed by atoms with Crippen LogP contribution < -0.4 is 0 Å². The molecule has 24 heavy (non-hydrogen) atoms. The van der Waals surface area contributed by atoms with Crippen LogP contribution in [0.2, 0.25) is 5.02 Å². The van der Waals surface area contributed by atoms with Crippen molar-refractivity contribution in [3.63, 3.8) is 0 Å². The van der Waals surface area contributed by atoms with Crippen LogP contribution in [-0.2, 0) is 0 Å². The lowest BCUT2D eigenvalue weighted by molar-refractivity contribution is 0.0280. The van der Waals surface area contributed by atoms with E-state index in [0.717, 1.165) is 30.6 Å². The van der Waals surface area contributed by atoms with Gasteiger partial charge in [0.1, 0.15) is 0 Å². The highest BCUT2D eigenvalue weighted by atomic mass is 35.5. The molecule has 1 aromatic heterocycles. The van der Waals surface area contributed by atoms with Gasteiger partial charge in [-0.25, -0.2) is 4.68 Å². The van der Waals surface area contributed by atoms with E-state index in [1.165, 1.54) is 0 Å². The molecule has 5 nitrogen and oxygen atoms in total. The average Bonchev–Trinajstić information content (AvgIpc) is 2.96. The Balaban J connectivity index is 1.93. The lowest BCUT2D eigenvalue weighted by Crippen LogP contribution is -2.49. The van der Waals surface area contributed by atoms with Crippen LogP contribution in [0.5, 0.6) is 0 Å². The summed E-state index contributed by atoms with van der Waals surface area (Å²) in [6.07, 6.45) is 3.90. The second-order valence-electron chi connectivity index (χ2n) is 6.31. The van der Waals surface area contributed by atoms with Crippen molar-refractivity contribution in [1.82, 2.24) is 14.7 Å². The molecule has 2 heterocycles. The normalized spacial score (nSPS) is 19.3. The van der Waals surface area contributed by atoms with Gasteiger partial charge in [-0.3, -0.25) is 4.79 Å². The fourth-order valence-electron chi connectivity index (χ4n) is 3.35. The molecule has 1 aliphatic heterocycles. The molecular weight excluding hydrogens is 326 g/mol. The fourth-order valence-corrected chi connectivity index (χ4v) is 3.57. The second-order valence-corrected chi connectivity index (χ2v) is 6.72. The number of rotatable bonds is 3. The first-order chi connectivity index (χ1) is 11.5. The maximum atomic E-state index is 13.0. The van der Waals surface area contributed by atoms with Crippen LogP contribution in [0.3, 0.4) is 0 Å². The fraction of sp³-hybridized carbons (Fsp3) is 0.444. The third-order valence-corrected chi connectivity index (χ3v) is 5.01. The van der Waals surface area contributed by atoms with E-state index >= 15 is 0 Å². The molecule has 2 atom stereocenters. The minimum Gasteiger partial charge on any atom is -0.391 e. The molecule has 1 aromatic carbocycles. The Labute approximate surface area is 146 Å². The van der Waals surface area contributed by atoms with E-state index in [1.54, 1.807) is 28.8 Å². The van der Waals surface area contributed by atoms with Gasteiger partial charge in [-0.2, -0.15) is 5.10 Å². The molecule has 0 saturated carbocycles. The zero-order valence-corrected chi connectivity index (χ0v) is 14.7. The van der Waals surface area contributed by atoms with Gasteiger partial charge in [0.15, 0.2) is 0 Å². The molecular formula is C18H22ClN3O2. The number of carbonyl (C=O) groups excluding carboxylic acids is 1. The molecule has 2 aromatic rings. The van der Waals surface area contributed by atoms with Crippen molar-refractivity contribution in [2.75, 3.05) is 6.54 Å². The minimum atomic E-state index is -0.534. The third kappa shape index (κ3) is 3.06. The summed E-state index contributed by atoms with van der Waals surface area (Å²) in [4.78, 5) is 14.8. The van der Waals surface area contributed by atoms with Gasteiger partial charge in [0.2, 0.25) is 0 Å². The maximum absolute atomic E-state index is 13.0. The van der Waals surface area contributed by atoms with Crippen molar-refractivity contribution in [3.05, 3.63) is 46.7 Å². The van der Waals surface area contributed by atoms with Crippen molar-refractivity contribution >= 4 is 17.5 Å². The Bertz CT molecular complexity index is 742. The molecule has 0 bridgehead atoms. The first-order valence-electron chi connectivity index (χ1n) is 8.29. The van der Waals surface area contributed by atoms with Gasteiger partial charge in [0, 0.05) is 6.54 Å². The van der Waals surface area contributed by atoms with Crippen LogP contribution in [0.15, 0.2) is 30.5 Å². The molecule has 0 aliphatic carbocycles. The summed E-state index contributed by atoms with van der Waals surface area (Å²) in [5.41, 5.74) is 2.06. The number of hydrogen-bond donors (Lipinski definition) is 1. The van der Waals surface area contributed by atoms with E-state index in [4.69, 9.17) is 11.6 Å². The van der Waals surface area contributed by atoms with Crippen molar-refractivity contribution < 1.29 is 9.90 Å². The topological polar surface area (TPSA) is 58.4 Å². The van der Waals surface area contributed by atoms with Crippen LogP contribution in [-0.4, -0.2) is 44.4 Å². The Morgan fingerprint density at radius 1 is 1.38 bits per heavy atom. The van der Waals surface area contributed by atoms with Crippen LogP contribution >= 0.6 is 11.6 Å². The second kappa shape index (κ2) is 6.95. The lowest BCUT2D eigenvalue weighted by atomic mass is 9.97. The lowest BCUT2D eigenvalue weighted by Gasteiger charge is -2.37. The van der Waals surface area contributed by atoms with E-state index in [2.05, 4.69) is 5.10 Å². The number of halogens is 1. The van der Waals surface area contributed by atoms with Crippen LogP contribution in [0.25, 0.3) is 5.69 Å². The van der Waals surface area contributed by atoms with E-state index in [9.17, 15) is 9.90 Å². The Hall–Kier alpha value is -1.85. The predicted molar refractivity (Wildman–Crippen MR) is 93.7 cm³/mol. The zero-order chi connectivity index (χ0) is 17.3. The van der Waals surface area contributed by atoms with E-state index in [0.29, 0.717) is 17.1 Å². The zero-order valence-electron chi connectivity index (χ0n) is 13.9. The van der Waals surface area contributed by atoms with Crippen molar-refractivity contribution in [1.29, 1.82) is 0 Å². The molecule has 1 fully saturated rings. The summed E-state index contributed by atoms with van der Waals surface area (Å²) >= 11 is 6.24. The quantitative estimate of drug-likeness (QED) is 0.927. The summed E-state index contributed by atoms with van der Waals surface area (Å²) in [5.74, 6) is -0.0728. The molecule has 128 valence electrons. The smallest absolute Gasteiger partial charge is 0.257 e. The number of para-hydroxylation sites is 1. The summed E-state index contributed by atoms with van der Waals surface area (Å²) in [5, 5.41) is 14.9. The van der Waals surface area contributed by atoms with Gasteiger partial charge < -0.3 is 10.0 Å². The van der Waals surface area contributed by atoms with Crippen molar-refractivity contribution in [2.24, 2.45) is 0 Å². The van der Waals surface area contributed by atoms with Gasteiger partial charge in [-0.15, -0.1) is 0 Å². The van der Waals surface area contributed by atoms with Crippen molar-refractivity contribution in [2.45, 2.75) is 45.3 Å². The summed E-state index contributed by atoms with van der Waals surface area (Å²) in [7, 11) is 0. The Morgan fingerprint density at radius 2 is 2.12 bits per heavy atom. The molecule has 0 radical (unpaired) electrons. The number of aliphatic hydroxyl groups is 1. The number of amides is 1. The monoisotopic (exact) mass is 347 g/mol. The number of likely N-dealkylation sites (tertiary alicyclic amines) is 1. The Morgan fingerprint density at radius 3 is 2.83 bits per heavy atom. The molecule has 3 rings (SSSR count). The first kappa shape index (κ1) is 17.0. The summed E-state index contributed by atoms with van der Waals surface area (Å²) < 4.78 is 1.69. The average molecular weight is 348 g/mol. The number of aromatic nitrogens is 2. The molecule has 6 heteroatoms. The minimum absolute atomic E-state index is 0.0728. The highest BCUT2D eigenvalue weighted by molar-refractivity contribution is 6.32. The molecule has 1 aliphatic rings. The van der Waals surface area contributed by atoms with Gasteiger partial charge in [-0.05, 0) is 45.2 Å². The van der Waals surface area contributed by atoms with Gasteiger partial charge in [0.25, 0.3) is 5.91 Å². The number of hydrogen-bond acceptors (Lipinski definition) is 3. The molecule has 2 unspecified atom stereocenters. The highest BCUT2D eigenvalue weighted by Crippen LogP contribution is 2.26. The van der Waals surface area contributed by atoms with Crippen LogP contribution in [0.4, 0.5) is 0 Å². The molecule has 0 spiro atoms. The molecule has 1 saturated heterocycles.